The normalized spacial score (nSPS) is 20.7. The van der Waals surface area contributed by atoms with E-state index in [9.17, 15) is 15.3 Å². The smallest absolute Gasteiger partial charge is 0.156 e. The molecule has 1 aliphatic rings. The van der Waals surface area contributed by atoms with Gasteiger partial charge in [-0.25, -0.2) is 0 Å². The van der Waals surface area contributed by atoms with Gasteiger partial charge in [0.25, 0.3) is 0 Å². The van der Waals surface area contributed by atoms with Crippen LogP contribution in [0.5, 0.6) is 0 Å². The first-order valence-electron chi connectivity index (χ1n) is 6.36. The molecule has 0 saturated heterocycles. The van der Waals surface area contributed by atoms with Gasteiger partial charge < -0.3 is 20.2 Å². The highest BCUT2D eigenvalue weighted by atomic mass is 16.3. The van der Waals surface area contributed by atoms with Crippen molar-refractivity contribution >= 4 is 0 Å². The molecule has 2 atom stereocenters. The van der Waals surface area contributed by atoms with Gasteiger partial charge >= 0.3 is 0 Å². The lowest BCUT2D eigenvalue weighted by molar-refractivity contribution is 0.118. The molecule has 3 N–H and O–H groups in total. The average molecular weight is 261 g/mol. The fourth-order valence-electron chi connectivity index (χ4n) is 2.31. The van der Waals surface area contributed by atoms with E-state index in [1.165, 1.54) is 6.08 Å². The predicted octanol–water partition coefficient (Wildman–Crippen LogP) is 2.14. The number of rotatable bonds is 4. The molecule has 1 aromatic carbocycles. The van der Waals surface area contributed by atoms with Crippen LogP contribution in [0.1, 0.15) is 12.5 Å². The van der Waals surface area contributed by atoms with Crippen LogP contribution in [0.25, 0.3) is 0 Å². The average Bonchev–Trinajstić information content (AvgIpc) is 2.44. The van der Waals surface area contributed by atoms with Gasteiger partial charge in [0.15, 0.2) is 11.5 Å². The van der Waals surface area contributed by atoms with Crippen LogP contribution in [0.3, 0.4) is 0 Å². The molecule has 102 valence electrons. The van der Waals surface area contributed by atoms with Gasteiger partial charge in [-0.1, -0.05) is 30.3 Å². The van der Waals surface area contributed by atoms with Gasteiger partial charge in [-0.3, -0.25) is 0 Å². The van der Waals surface area contributed by atoms with Crippen molar-refractivity contribution in [3.63, 3.8) is 0 Å². The first kappa shape index (κ1) is 13.5. The van der Waals surface area contributed by atoms with Crippen LogP contribution in [-0.2, 0) is 6.42 Å². The van der Waals surface area contributed by atoms with Crippen molar-refractivity contribution in [1.82, 2.24) is 4.90 Å². The van der Waals surface area contributed by atoms with E-state index in [0.29, 0.717) is 6.42 Å². The predicted molar refractivity (Wildman–Crippen MR) is 73.7 cm³/mol. The Morgan fingerprint density at radius 3 is 2.53 bits per heavy atom. The van der Waals surface area contributed by atoms with E-state index >= 15 is 0 Å². The van der Waals surface area contributed by atoms with Crippen LogP contribution in [0.4, 0.5) is 0 Å². The van der Waals surface area contributed by atoms with Crippen LogP contribution in [0.15, 0.2) is 54.1 Å². The Hall–Kier alpha value is -1.94. The van der Waals surface area contributed by atoms with Crippen LogP contribution >= 0.6 is 0 Å². The number of aliphatic hydroxyl groups is 3. The summed E-state index contributed by atoms with van der Waals surface area (Å²) in [4.78, 5) is 1.86. The molecule has 0 spiro atoms. The summed E-state index contributed by atoms with van der Waals surface area (Å²) in [7, 11) is 0. The van der Waals surface area contributed by atoms with E-state index < -0.39 is 0 Å². The maximum Gasteiger partial charge on any atom is 0.156 e. The number of hydrogen-bond donors (Lipinski definition) is 3. The van der Waals surface area contributed by atoms with Crippen molar-refractivity contribution in [2.24, 2.45) is 0 Å². The van der Waals surface area contributed by atoms with Gasteiger partial charge in [0.1, 0.15) is 0 Å². The number of hydrogen-bond acceptors (Lipinski definition) is 4. The standard InChI is InChI=1S/C15H19NO3/c1-11-15(19)14(18)7-8-16(11)13(10-17)9-12-5-3-2-4-6-12/h2-8,11,13,17-19H,9-10H2,1H3/t11-,13?/m1/s1. The lowest BCUT2D eigenvalue weighted by Gasteiger charge is -2.36. The zero-order valence-electron chi connectivity index (χ0n) is 10.9. The van der Waals surface area contributed by atoms with E-state index in [-0.39, 0.29) is 30.2 Å². The fourth-order valence-corrected chi connectivity index (χ4v) is 2.31. The molecule has 4 nitrogen and oxygen atoms in total. The van der Waals surface area contributed by atoms with Crippen molar-refractivity contribution in [3.8, 4) is 0 Å². The van der Waals surface area contributed by atoms with Crippen molar-refractivity contribution in [2.45, 2.75) is 25.4 Å². The topological polar surface area (TPSA) is 63.9 Å². The van der Waals surface area contributed by atoms with Crippen molar-refractivity contribution in [2.75, 3.05) is 6.61 Å². The molecular formula is C15H19NO3. The third-order valence-electron chi connectivity index (χ3n) is 3.46. The van der Waals surface area contributed by atoms with Crippen LogP contribution in [0.2, 0.25) is 0 Å². The van der Waals surface area contributed by atoms with Gasteiger partial charge in [-0.15, -0.1) is 0 Å². The van der Waals surface area contributed by atoms with Crippen molar-refractivity contribution in [3.05, 3.63) is 59.7 Å². The molecule has 0 fully saturated rings. The number of benzene rings is 1. The Morgan fingerprint density at radius 1 is 1.21 bits per heavy atom. The summed E-state index contributed by atoms with van der Waals surface area (Å²) in [5.41, 5.74) is 1.13. The van der Waals surface area contributed by atoms with Crippen molar-refractivity contribution in [1.29, 1.82) is 0 Å². The summed E-state index contributed by atoms with van der Waals surface area (Å²) in [6.45, 7) is 1.78. The van der Waals surface area contributed by atoms with Gasteiger partial charge in [-0.05, 0) is 25.0 Å². The first-order chi connectivity index (χ1) is 9.13. The van der Waals surface area contributed by atoms with Crippen LogP contribution in [-0.4, -0.2) is 38.9 Å². The van der Waals surface area contributed by atoms with E-state index in [0.717, 1.165) is 5.56 Å². The molecule has 1 aromatic rings. The summed E-state index contributed by atoms with van der Waals surface area (Å²) in [6.07, 6.45) is 3.84. The molecule has 2 rings (SSSR count). The van der Waals surface area contributed by atoms with E-state index in [2.05, 4.69) is 0 Å². The highest BCUT2D eigenvalue weighted by molar-refractivity contribution is 5.24. The van der Waals surface area contributed by atoms with Gasteiger partial charge in [0.2, 0.25) is 0 Å². The Balaban J connectivity index is 2.13. The molecule has 19 heavy (non-hydrogen) atoms. The third-order valence-corrected chi connectivity index (χ3v) is 3.46. The molecule has 0 bridgehead atoms. The van der Waals surface area contributed by atoms with Crippen LogP contribution < -0.4 is 0 Å². The summed E-state index contributed by atoms with van der Waals surface area (Å²) < 4.78 is 0. The second kappa shape index (κ2) is 5.80. The fraction of sp³-hybridized carbons (Fsp3) is 0.333. The van der Waals surface area contributed by atoms with Crippen LogP contribution in [0, 0.1) is 0 Å². The van der Waals surface area contributed by atoms with Gasteiger partial charge in [0.05, 0.1) is 18.7 Å². The van der Waals surface area contributed by atoms with Gasteiger partial charge in [0, 0.05) is 6.20 Å². The monoisotopic (exact) mass is 261 g/mol. The largest absolute Gasteiger partial charge is 0.506 e. The van der Waals surface area contributed by atoms with E-state index in [4.69, 9.17) is 0 Å². The maximum atomic E-state index is 9.78. The number of nitrogens with zero attached hydrogens (tertiary/aromatic N) is 1. The Bertz CT molecular complexity index is 481. The third kappa shape index (κ3) is 2.90. The van der Waals surface area contributed by atoms with Crippen molar-refractivity contribution < 1.29 is 15.3 Å². The van der Waals surface area contributed by atoms with E-state index in [1.54, 1.807) is 13.1 Å². The maximum absolute atomic E-state index is 9.78. The lowest BCUT2D eigenvalue weighted by atomic mass is 10.0. The Morgan fingerprint density at radius 2 is 1.89 bits per heavy atom. The first-order valence-corrected chi connectivity index (χ1v) is 6.36. The SMILES string of the molecule is C[C@@H]1C(O)=C(O)C=CN1C(CO)Cc1ccccc1. The zero-order valence-corrected chi connectivity index (χ0v) is 10.9. The molecule has 0 saturated carbocycles. The molecule has 4 heteroatoms. The Labute approximate surface area is 112 Å². The quantitative estimate of drug-likeness (QED) is 0.777. The Kier molecular flexibility index (Phi) is 4.12. The second-order valence-electron chi connectivity index (χ2n) is 4.74. The molecule has 0 aliphatic carbocycles. The zero-order chi connectivity index (χ0) is 13.8. The highest BCUT2D eigenvalue weighted by Gasteiger charge is 2.27. The summed E-state index contributed by atoms with van der Waals surface area (Å²) in [6, 6.07) is 9.41. The summed E-state index contributed by atoms with van der Waals surface area (Å²) in [5.74, 6) is -0.172. The number of allylic oxidation sites excluding steroid dienone is 1. The summed E-state index contributed by atoms with van der Waals surface area (Å²) in [5, 5.41) is 28.8. The van der Waals surface area contributed by atoms with E-state index in [1.807, 2.05) is 35.2 Å². The minimum Gasteiger partial charge on any atom is -0.506 e. The summed E-state index contributed by atoms with van der Waals surface area (Å²) >= 11 is 0. The molecule has 0 aromatic heterocycles. The minimum atomic E-state index is -0.342. The molecule has 1 heterocycles. The molecular weight excluding hydrogens is 242 g/mol. The molecule has 1 unspecified atom stereocenters. The minimum absolute atomic E-state index is 0.0163. The molecule has 1 aliphatic heterocycles. The van der Waals surface area contributed by atoms with Gasteiger partial charge in [-0.2, -0.15) is 0 Å². The highest BCUT2D eigenvalue weighted by Crippen LogP contribution is 2.22. The molecule has 0 amide bonds. The molecule has 0 radical (unpaired) electrons. The number of aliphatic hydroxyl groups excluding tert-OH is 3. The second-order valence-corrected chi connectivity index (χ2v) is 4.74. The lowest BCUT2D eigenvalue weighted by Crippen LogP contribution is -2.44.